The number of hydrogen-bond acceptors (Lipinski definition) is 2. The summed E-state index contributed by atoms with van der Waals surface area (Å²) in [7, 11) is 0. The first-order valence-electron chi connectivity index (χ1n) is 4.08. The van der Waals surface area contributed by atoms with Crippen molar-refractivity contribution in [1.82, 2.24) is 0 Å². The second-order valence-electron chi connectivity index (χ2n) is 3.05. The number of halogens is 4. The van der Waals surface area contributed by atoms with Gasteiger partial charge in [0.2, 0.25) is 0 Å². The van der Waals surface area contributed by atoms with Gasteiger partial charge in [0.1, 0.15) is 11.9 Å². The van der Waals surface area contributed by atoms with Crippen LogP contribution in [-0.4, -0.2) is 11.1 Å². The molecule has 0 amide bonds. The number of rotatable bonds is 2. The Morgan fingerprint density at radius 1 is 1.38 bits per heavy atom. The summed E-state index contributed by atoms with van der Waals surface area (Å²) in [5.74, 6) is -2.80. The minimum Gasteiger partial charge on any atom is -0.480 e. The molecule has 16 heavy (non-hydrogen) atoms. The molecule has 1 aromatic rings. The molecule has 0 aromatic heterocycles. The van der Waals surface area contributed by atoms with Crippen LogP contribution in [0.2, 0.25) is 0 Å². The molecule has 3 nitrogen and oxygen atoms in total. The Bertz CT molecular complexity index is 416. The first-order chi connectivity index (χ1) is 7.23. The molecule has 0 aliphatic rings. The lowest BCUT2D eigenvalue weighted by Crippen LogP contribution is -2.22. The van der Waals surface area contributed by atoms with Gasteiger partial charge in [0.15, 0.2) is 0 Å². The van der Waals surface area contributed by atoms with Crippen LogP contribution in [0.15, 0.2) is 18.2 Å². The van der Waals surface area contributed by atoms with E-state index < -0.39 is 35.1 Å². The first-order valence-corrected chi connectivity index (χ1v) is 4.08. The number of hydrogen-bond donors (Lipinski definition) is 2. The summed E-state index contributed by atoms with van der Waals surface area (Å²) in [6.45, 7) is 0. The SMILES string of the molecule is NC(C(=O)O)c1ccc(C(F)(F)F)cc1F. The van der Waals surface area contributed by atoms with E-state index in [1.165, 1.54) is 0 Å². The van der Waals surface area contributed by atoms with Gasteiger partial charge in [-0.2, -0.15) is 13.2 Å². The second-order valence-corrected chi connectivity index (χ2v) is 3.05. The molecule has 0 saturated heterocycles. The summed E-state index contributed by atoms with van der Waals surface area (Å²) in [6, 6.07) is -0.154. The smallest absolute Gasteiger partial charge is 0.416 e. The van der Waals surface area contributed by atoms with Crippen molar-refractivity contribution in [2.75, 3.05) is 0 Å². The molecule has 0 spiro atoms. The number of alkyl halides is 3. The molecule has 0 fully saturated rings. The van der Waals surface area contributed by atoms with Gasteiger partial charge < -0.3 is 10.8 Å². The Hall–Kier alpha value is -1.63. The van der Waals surface area contributed by atoms with Gasteiger partial charge >= 0.3 is 12.1 Å². The maximum atomic E-state index is 13.1. The highest BCUT2D eigenvalue weighted by atomic mass is 19.4. The van der Waals surface area contributed by atoms with Crippen LogP contribution in [0.4, 0.5) is 17.6 Å². The first kappa shape index (κ1) is 12.4. The van der Waals surface area contributed by atoms with E-state index in [-0.39, 0.29) is 6.07 Å². The zero-order valence-corrected chi connectivity index (χ0v) is 7.75. The number of aliphatic carboxylic acids is 1. The van der Waals surface area contributed by atoms with Crippen molar-refractivity contribution in [2.45, 2.75) is 12.2 Å². The van der Waals surface area contributed by atoms with Gasteiger partial charge in [-0.1, -0.05) is 6.07 Å². The number of carboxylic acids is 1. The molecular weight excluding hydrogens is 230 g/mol. The third-order valence-corrected chi connectivity index (χ3v) is 1.93. The van der Waals surface area contributed by atoms with Crippen molar-refractivity contribution in [3.05, 3.63) is 35.1 Å². The third kappa shape index (κ3) is 2.48. The van der Waals surface area contributed by atoms with Crippen molar-refractivity contribution in [3.63, 3.8) is 0 Å². The van der Waals surface area contributed by atoms with Crippen LogP contribution in [-0.2, 0) is 11.0 Å². The minimum atomic E-state index is -4.67. The van der Waals surface area contributed by atoms with E-state index >= 15 is 0 Å². The average molecular weight is 237 g/mol. The summed E-state index contributed by atoms with van der Waals surface area (Å²) in [5, 5.41) is 8.48. The summed E-state index contributed by atoms with van der Waals surface area (Å²) in [5.41, 5.74) is 3.40. The molecular formula is C9H7F4NO2. The fourth-order valence-corrected chi connectivity index (χ4v) is 1.09. The summed E-state index contributed by atoms with van der Waals surface area (Å²) >= 11 is 0. The molecule has 88 valence electrons. The van der Waals surface area contributed by atoms with Crippen LogP contribution in [0.3, 0.4) is 0 Å². The fraction of sp³-hybridized carbons (Fsp3) is 0.222. The molecule has 1 aromatic carbocycles. The molecule has 7 heteroatoms. The Morgan fingerprint density at radius 3 is 2.31 bits per heavy atom. The highest BCUT2D eigenvalue weighted by Gasteiger charge is 2.32. The predicted molar refractivity (Wildman–Crippen MR) is 46.0 cm³/mol. The molecule has 0 bridgehead atoms. The Morgan fingerprint density at radius 2 is 1.94 bits per heavy atom. The molecule has 3 N–H and O–H groups in total. The van der Waals surface area contributed by atoms with E-state index in [1.54, 1.807) is 0 Å². The molecule has 0 aliphatic heterocycles. The van der Waals surface area contributed by atoms with E-state index in [4.69, 9.17) is 10.8 Å². The molecule has 0 saturated carbocycles. The predicted octanol–water partition coefficient (Wildman–Crippen LogP) is 1.93. The molecule has 1 rings (SSSR count). The fourth-order valence-electron chi connectivity index (χ4n) is 1.09. The van der Waals surface area contributed by atoms with Crippen molar-refractivity contribution >= 4 is 5.97 Å². The minimum absolute atomic E-state index is 0.220. The van der Waals surface area contributed by atoms with Crippen LogP contribution in [0, 0.1) is 5.82 Å². The maximum Gasteiger partial charge on any atom is 0.416 e. The van der Waals surface area contributed by atoms with Crippen LogP contribution >= 0.6 is 0 Å². The standard InChI is InChI=1S/C9H7F4NO2/c10-6-3-4(9(11,12)13)1-2-5(6)7(14)8(15)16/h1-3,7H,14H2,(H,15,16). The van der Waals surface area contributed by atoms with Gasteiger partial charge in [-0.05, 0) is 12.1 Å². The summed E-state index contributed by atoms with van der Waals surface area (Å²) in [4.78, 5) is 10.4. The summed E-state index contributed by atoms with van der Waals surface area (Å²) in [6.07, 6.45) is -4.67. The van der Waals surface area contributed by atoms with E-state index in [9.17, 15) is 22.4 Å². The van der Waals surface area contributed by atoms with Crippen molar-refractivity contribution in [2.24, 2.45) is 5.73 Å². The second kappa shape index (κ2) is 4.09. The Balaban J connectivity index is 3.15. The van der Waals surface area contributed by atoms with E-state index in [1.807, 2.05) is 0 Å². The highest BCUT2D eigenvalue weighted by molar-refractivity contribution is 5.75. The van der Waals surface area contributed by atoms with Crippen LogP contribution in [0.25, 0.3) is 0 Å². The number of benzene rings is 1. The van der Waals surface area contributed by atoms with Gasteiger partial charge in [0.25, 0.3) is 0 Å². The third-order valence-electron chi connectivity index (χ3n) is 1.93. The zero-order valence-electron chi connectivity index (χ0n) is 7.75. The van der Waals surface area contributed by atoms with Crippen molar-refractivity contribution in [1.29, 1.82) is 0 Å². The summed E-state index contributed by atoms with van der Waals surface area (Å²) < 4.78 is 49.6. The molecule has 1 unspecified atom stereocenters. The lowest BCUT2D eigenvalue weighted by molar-refractivity contribution is -0.138. The van der Waals surface area contributed by atoms with Gasteiger partial charge in [-0.3, -0.25) is 4.79 Å². The monoisotopic (exact) mass is 237 g/mol. The van der Waals surface area contributed by atoms with Gasteiger partial charge in [-0.15, -0.1) is 0 Å². The average Bonchev–Trinajstić information content (AvgIpc) is 2.15. The van der Waals surface area contributed by atoms with E-state index in [0.717, 1.165) is 6.07 Å². The number of nitrogens with two attached hydrogens (primary N) is 1. The van der Waals surface area contributed by atoms with Gasteiger partial charge in [-0.25, -0.2) is 4.39 Å². The Kier molecular flexibility index (Phi) is 3.18. The van der Waals surface area contributed by atoms with Crippen molar-refractivity contribution < 1.29 is 27.5 Å². The van der Waals surface area contributed by atoms with Crippen LogP contribution in [0.1, 0.15) is 17.2 Å². The molecule has 0 radical (unpaired) electrons. The lowest BCUT2D eigenvalue weighted by Gasteiger charge is -2.11. The van der Waals surface area contributed by atoms with Crippen molar-refractivity contribution in [3.8, 4) is 0 Å². The lowest BCUT2D eigenvalue weighted by atomic mass is 10.0. The normalized spacial score (nSPS) is 13.6. The maximum absolute atomic E-state index is 13.1. The number of carbonyl (C=O) groups is 1. The van der Waals surface area contributed by atoms with Gasteiger partial charge in [0.05, 0.1) is 5.56 Å². The molecule has 0 heterocycles. The molecule has 1 atom stereocenters. The van der Waals surface area contributed by atoms with Gasteiger partial charge in [0, 0.05) is 5.56 Å². The van der Waals surface area contributed by atoms with Crippen LogP contribution < -0.4 is 5.73 Å². The Labute approximate surface area is 87.5 Å². The largest absolute Gasteiger partial charge is 0.480 e. The zero-order chi connectivity index (χ0) is 12.5. The van der Waals surface area contributed by atoms with E-state index in [0.29, 0.717) is 6.07 Å². The van der Waals surface area contributed by atoms with E-state index in [2.05, 4.69) is 0 Å². The number of carboxylic acid groups (broad SMARTS) is 1. The van der Waals surface area contributed by atoms with Crippen LogP contribution in [0.5, 0.6) is 0 Å². The molecule has 0 aliphatic carbocycles. The quantitative estimate of drug-likeness (QED) is 0.772. The topological polar surface area (TPSA) is 63.3 Å². The highest BCUT2D eigenvalue weighted by Crippen LogP contribution is 2.31.